The molecular weight excluding hydrogens is 374 g/mol. The summed E-state index contributed by atoms with van der Waals surface area (Å²) >= 11 is 5.85. The molecule has 7 nitrogen and oxygen atoms in total. The molecule has 1 unspecified atom stereocenters. The molecule has 0 aliphatic rings. The van der Waals surface area contributed by atoms with Crippen LogP contribution in [0.1, 0.15) is 52.0 Å². The van der Waals surface area contributed by atoms with Crippen molar-refractivity contribution in [1.82, 2.24) is 5.32 Å². The normalized spacial score (nSPS) is 13.4. The van der Waals surface area contributed by atoms with E-state index in [9.17, 15) is 14.4 Å². The SMILES string of the molecule is CCC(OC(=O)NC[C@H](CC(=O)O)c1ccc(Cl)cc1)OC(=O)C(C)(C)C. The van der Waals surface area contributed by atoms with E-state index < -0.39 is 35.7 Å². The largest absolute Gasteiger partial charge is 0.481 e. The molecule has 1 aromatic rings. The average Bonchev–Trinajstić information content (AvgIpc) is 2.57. The number of rotatable bonds is 8. The summed E-state index contributed by atoms with van der Waals surface area (Å²) in [5, 5.41) is 12.2. The summed E-state index contributed by atoms with van der Waals surface area (Å²) in [5.74, 6) is -1.92. The fraction of sp³-hybridized carbons (Fsp3) is 0.526. The van der Waals surface area contributed by atoms with Gasteiger partial charge in [-0.2, -0.15) is 0 Å². The molecule has 0 aromatic heterocycles. The van der Waals surface area contributed by atoms with Crippen LogP contribution in [0.4, 0.5) is 4.79 Å². The molecule has 0 radical (unpaired) electrons. The first-order valence-corrected chi connectivity index (χ1v) is 9.03. The number of nitrogens with one attached hydrogen (secondary N) is 1. The van der Waals surface area contributed by atoms with Gasteiger partial charge in [0.15, 0.2) is 0 Å². The first-order chi connectivity index (χ1) is 12.5. The lowest BCUT2D eigenvalue weighted by atomic mass is 9.96. The first kappa shape index (κ1) is 22.8. The van der Waals surface area contributed by atoms with Crippen LogP contribution < -0.4 is 5.32 Å². The van der Waals surface area contributed by atoms with Gasteiger partial charge in [-0.15, -0.1) is 0 Å². The average molecular weight is 400 g/mol. The summed E-state index contributed by atoms with van der Waals surface area (Å²) in [5.41, 5.74) is 0.0160. The van der Waals surface area contributed by atoms with Crippen molar-refractivity contribution in [3.8, 4) is 0 Å². The highest BCUT2D eigenvalue weighted by atomic mass is 35.5. The van der Waals surface area contributed by atoms with Crippen LogP contribution in [0, 0.1) is 5.41 Å². The second-order valence-electron chi connectivity index (χ2n) is 7.13. The number of hydrogen-bond acceptors (Lipinski definition) is 5. The zero-order valence-corrected chi connectivity index (χ0v) is 16.7. The van der Waals surface area contributed by atoms with E-state index in [1.54, 1.807) is 52.0 Å². The minimum atomic E-state index is -1.01. The summed E-state index contributed by atoms with van der Waals surface area (Å²) in [6.45, 7) is 6.87. The van der Waals surface area contributed by atoms with Gasteiger partial charge < -0.3 is 19.9 Å². The lowest BCUT2D eigenvalue weighted by Gasteiger charge is -2.23. The van der Waals surface area contributed by atoms with E-state index in [0.717, 1.165) is 5.56 Å². The third-order valence-corrected chi connectivity index (χ3v) is 3.93. The van der Waals surface area contributed by atoms with E-state index in [2.05, 4.69) is 5.32 Å². The van der Waals surface area contributed by atoms with E-state index in [0.29, 0.717) is 11.4 Å². The number of alkyl carbamates (subject to hydrolysis) is 1. The van der Waals surface area contributed by atoms with E-state index in [1.807, 2.05) is 0 Å². The van der Waals surface area contributed by atoms with Crippen molar-refractivity contribution in [1.29, 1.82) is 0 Å². The van der Waals surface area contributed by atoms with Crippen molar-refractivity contribution in [3.63, 3.8) is 0 Å². The van der Waals surface area contributed by atoms with Crippen molar-refractivity contribution < 1.29 is 29.0 Å². The molecule has 8 heteroatoms. The molecule has 2 N–H and O–H groups in total. The maximum absolute atomic E-state index is 12.0. The summed E-state index contributed by atoms with van der Waals surface area (Å²) in [4.78, 5) is 35.0. The summed E-state index contributed by atoms with van der Waals surface area (Å²) in [6, 6.07) is 6.73. The van der Waals surface area contributed by atoms with E-state index >= 15 is 0 Å². The number of benzene rings is 1. The number of carbonyl (C=O) groups is 3. The minimum absolute atomic E-state index is 0.0520. The Morgan fingerprint density at radius 3 is 2.22 bits per heavy atom. The van der Waals surface area contributed by atoms with Crippen LogP contribution in [-0.2, 0) is 19.1 Å². The van der Waals surface area contributed by atoms with Crippen LogP contribution in [0.15, 0.2) is 24.3 Å². The molecule has 1 rings (SSSR count). The number of amides is 1. The molecule has 0 aliphatic heterocycles. The van der Waals surface area contributed by atoms with Crippen molar-refractivity contribution in [2.75, 3.05) is 6.54 Å². The molecule has 1 amide bonds. The Balaban J connectivity index is 2.65. The van der Waals surface area contributed by atoms with E-state index in [4.69, 9.17) is 26.2 Å². The molecule has 1 aromatic carbocycles. The standard InChI is InChI=1S/C19H26ClNO6/c1-5-16(26-17(24)19(2,3)4)27-18(25)21-11-13(10-15(22)23)12-6-8-14(20)9-7-12/h6-9,13,16H,5,10-11H2,1-4H3,(H,21,25)(H,22,23)/t13-,16?/m0/s1. The van der Waals surface area contributed by atoms with Crippen molar-refractivity contribution >= 4 is 29.6 Å². The maximum atomic E-state index is 12.0. The van der Waals surface area contributed by atoms with Crippen LogP contribution in [-0.4, -0.2) is 36.0 Å². The third kappa shape index (κ3) is 8.30. The van der Waals surface area contributed by atoms with Gasteiger partial charge in [0.05, 0.1) is 11.8 Å². The molecule has 0 spiro atoms. The Bertz CT molecular complexity index is 653. The zero-order chi connectivity index (χ0) is 20.6. The highest BCUT2D eigenvalue weighted by molar-refractivity contribution is 6.30. The third-order valence-electron chi connectivity index (χ3n) is 3.68. The number of aliphatic carboxylic acids is 1. The van der Waals surface area contributed by atoms with Crippen LogP contribution in [0.2, 0.25) is 5.02 Å². The van der Waals surface area contributed by atoms with Gasteiger partial charge in [-0.1, -0.05) is 30.7 Å². The molecule has 150 valence electrons. The molecule has 0 fully saturated rings. The van der Waals surface area contributed by atoms with Gasteiger partial charge in [0.1, 0.15) is 0 Å². The predicted octanol–water partition coefficient (Wildman–Crippen LogP) is 3.95. The Kier molecular flexibility index (Phi) is 8.56. The second kappa shape index (κ2) is 10.2. The van der Waals surface area contributed by atoms with Gasteiger partial charge in [0, 0.05) is 23.9 Å². The van der Waals surface area contributed by atoms with E-state index in [1.165, 1.54) is 0 Å². The van der Waals surface area contributed by atoms with Gasteiger partial charge in [-0.05, 0) is 38.5 Å². The Labute approximate surface area is 164 Å². The molecular formula is C19H26ClNO6. The van der Waals surface area contributed by atoms with Gasteiger partial charge in [0.2, 0.25) is 6.29 Å². The Morgan fingerprint density at radius 2 is 1.74 bits per heavy atom. The molecule has 2 atom stereocenters. The number of esters is 1. The van der Waals surface area contributed by atoms with Crippen molar-refractivity contribution in [2.45, 2.75) is 52.7 Å². The molecule has 0 aliphatic carbocycles. The Hall–Kier alpha value is -2.28. The number of hydrogen-bond donors (Lipinski definition) is 2. The highest BCUT2D eigenvalue weighted by Gasteiger charge is 2.27. The molecule has 0 saturated carbocycles. The van der Waals surface area contributed by atoms with Gasteiger partial charge in [-0.3, -0.25) is 9.59 Å². The Morgan fingerprint density at radius 1 is 1.15 bits per heavy atom. The van der Waals surface area contributed by atoms with Gasteiger partial charge in [-0.25, -0.2) is 4.79 Å². The molecule has 0 saturated heterocycles. The van der Waals surface area contributed by atoms with Crippen molar-refractivity contribution in [2.24, 2.45) is 5.41 Å². The molecule has 27 heavy (non-hydrogen) atoms. The lowest BCUT2D eigenvalue weighted by Crippen LogP contribution is -2.36. The molecule has 0 bridgehead atoms. The van der Waals surface area contributed by atoms with Crippen LogP contribution >= 0.6 is 11.6 Å². The van der Waals surface area contributed by atoms with Crippen LogP contribution in [0.25, 0.3) is 0 Å². The monoisotopic (exact) mass is 399 g/mol. The number of carboxylic acids is 1. The van der Waals surface area contributed by atoms with Gasteiger partial charge >= 0.3 is 18.0 Å². The van der Waals surface area contributed by atoms with E-state index in [-0.39, 0.29) is 13.0 Å². The minimum Gasteiger partial charge on any atom is -0.481 e. The van der Waals surface area contributed by atoms with Crippen LogP contribution in [0.5, 0.6) is 0 Å². The van der Waals surface area contributed by atoms with Crippen LogP contribution in [0.3, 0.4) is 0 Å². The summed E-state index contributed by atoms with van der Waals surface area (Å²) < 4.78 is 10.3. The highest BCUT2D eigenvalue weighted by Crippen LogP contribution is 2.22. The number of carboxylic acid groups (broad SMARTS) is 1. The first-order valence-electron chi connectivity index (χ1n) is 8.65. The second-order valence-corrected chi connectivity index (χ2v) is 7.56. The number of carbonyl (C=O) groups excluding carboxylic acids is 2. The number of halogens is 1. The smallest absolute Gasteiger partial charge is 0.410 e. The van der Waals surface area contributed by atoms with Gasteiger partial charge in [0.25, 0.3) is 0 Å². The lowest BCUT2D eigenvalue weighted by molar-refractivity contribution is -0.177. The topological polar surface area (TPSA) is 102 Å². The fourth-order valence-electron chi connectivity index (χ4n) is 2.11. The molecule has 0 heterocycles. The summed E-state index contributed by atoms with van der Waals surface area (Å²) in [6.07, 6.45) is -1.67. The van der Waals surface area contributed by atoms with Crippen molar-refractivity contribution in [3.05, 3.63) is 34.9 Å². The summed E-state index contributed by atoms with van der Waals surface area (Å²) in [7, 11) is 0. The predicted molar refractivity (Wildman–Crippen MR) is 101 cm³/mol. The number of ether oxygens (including phenoxy) is 2. The quantitative estimate of drug-likeness (QED) is 0.507. The maximum Gasteiger partial charge on any atom is 0.410 e. The zero-order valence-electron chi connectivity index (χ0n) is 16.0. The fourth-order valence-corrected chi connectivity index (χ4v) is 2.23.